The Bertz CT molecular complexity index is 1000. The van der Waals surface area contributed by atoms with Gasteiger partial charge in [0, 0.05) is 13.1 Å². The standard InChI is InChI=1S/C23H25N3O5/c1-14(21(27)24-13-15-5-8-17(30-2)9-6-15)31-23(29)16-7-10-19-18(12-16)25-22(28)20-4-3-11-26(19)20/h5-10,12,14,20H,3-4,11,13H2,1-2H3,(H,24,27)(H,25,28)/t14-,20+/m0/s1. The molecule has 2 aliphatic heterocycles. The highest BCUT2D eigenvalue weighted by Gasteiger charge is 2.36. The van der Waals surface area contributed by atoms with E-state index in [-0.39, 0.29) is 17.5 Å². The molecular weight excluding hydrogens is 398 g/mol. The maximum absolute atomic E-state index is 12.6. The van der Waals surface area contributed by atoms with Crippen LogP contribution in [0.5, 0.6) is 5.75 Å². The summed E-state index contributed by atoms with van der Waals surface area (Å²) in [5.74, 6) is -0.330. The summed E-state index contributed by atoms with van der Waals surface area (Å²) in [6.45, 7) is 2.66. The first-order valence-corrected chi connectivity index (χ1v) is 10.3. The first-order valence-electron chi connectivity index (χ1n) is 10.3. The molecule has 31 heavy (non-hydrogen) atoms. The van der Waals surface area contributed by atoms with E-state index in [1.165, 1.54) is 6.92 Å². The number of nitrogens with one attached hydrogen (secondary N) is 2. The van der Waals surface area contributed by atoms with Gasteiger partial charge >= 0.3 is 5.97 Å². The zero-order valence-electron chi connectivity index (χ0n) is 17.5. The van der Waals surface area contributed by atoms with Gasteiger partial charge in [0.1, 0.15) is 11.8 Å². The van der Waals surface area contributed by atoms with Crippen LogP contribution in [-0.2, 0) is 20.9 Å². The maximum atomic E-state index is 12.6. The van der Waals surface area contributed by atoms with E-state index in [0.717, 1.165) is 36.4 Å². The molecular formula is C23H25N3O5. The highest BCUT2D eigenvalue weighted by Crippen LogP contribution is 2.37. The molecule has 2 atom stereocenters. The molecule has 1 saturated heterocycles. The van der Waals surface area contributed by atoms with Crippen molar-refractivity contribution in [2.45, 2.75) is 38.5 Å². The number of benzene rings is 2. The number of hydrogen-bond acceptors (Lipinski definition) is 6. The fourth-order valence-corrected chi connectivity index (χ4v) is 3.92. The van der Waals surface area contributed by atoms with Gasteiger partial charge in [-0.05, 0) is 55.7 Å². The van der Waals surface area contributed by atoms with E-state index in [4.69, 9.17) is 9.47 Å². The smallest absolute Gasteiger partial charge is 0.338 e. The topological polar surface area (TPSA) is 97.0 Å². The number of amides is 2. The van der Waals surface area contributed by atoms with Crippen LogP contribution in [0.3, 0.4) is 0 Å². The molecule has 2 amide bonds. The van der Waals surface area contributed by atoms with Crippen LogP contribution in [0.15, 0.2) is 42.5 Å². The van der Waals surface area contributed by atoms with Gasteiger partial charge in [0.05, 0.1) is 24.0 Å². The summed E-state index contributed by atoms with van der Waals surface area (Å²) in [4.78, 5) is 39.2. The molecule has 8 nitrogen and oxygen atoms in total. The fraction of sp³-hybridized carbons (Fsp3) is 0.348. The van der Waals surface area contributed by atoms with Crippen LogP contribution in [0.1, 0.15) is 35.7 Å². The van der Waals surface area contributed by atoms with E-state index in [2.05, 4.69) is 15.5 Å². The number of fused-ring (bicyclic) bond motifs is 3. The van der Waals surface area contributed by atoms with Crippen LogP contribution in [0.2, 0.25) is 0 Å². The summed E-state index contributed by atoms with van der Waals surface area (Å²) in [7, 11) is 1.59. The normalized spacial score (nSPS) is 17.8. The summed E-state index contributed by atoms with van der Waals surface area (Å²) in [5, 5.41) is 5.63. The molecule has 8 heteroatoms. The second-order valence-electron chi connectivity index (χ2n) is 7.69. The number of anilines is 2. The number of carbonyl (C=O) groups is 3. The number of nitrogens with zero attached hydrogens (tertiary/aromatic N) is 1. The lowest BCUT2D eigenvalue weighted by Crippen LogP contribution is -2.44. The lowest BCUT2D eigenvalue weighted by molar-refractivity contribution is -0.129. The van der Waals surface area contributed by atoms with Crippen molar-refractivity contribution >= 4 is 29.2 Å². The van der Waals surface area contributed by atoms with Gasteiger partial charge in [-0.25, -0.2) is 4.79 Å². The van der Waals surface area contributed by atoms with Crippen molar-refractivity contribution in [1.82, 2.24) is 5.32 Å². The molecule has 2 aromatic carbocycles. The van der Waals surface area contributed by atoms with Crippen molar-refractivity contribution in [3.8, 4) is 5.75 Å². The lowest BCUT2D eigenvalue weighted by atomic mass is 10.1. The Morgan fingerprint density at radius 2 is 2.00 bits per heavy atom. The van der Waals surface area contributed by atoms with Crippen molar-refractivity contribution < 1.29 is 23.9 Å². The Labute approximate surface area is 180 Å². The molecule has 0 bridgehead atoms. The number of methoxy groups -OCH3 is 1. The first-order chi connectivity index (χ1) is 15.0. The average Bonchev–Trinajstić information content (AvgIpc) is 3.28. The summed E-state index contributed by atoms with van der Waals surface area (Å²) in [6, 6.07) is 12.3. The SMILES string of the molecule is COc1ccc(CNC(=O)[C@H](C)OC(=O)c2ccc3c(c2)NC(=O)[C@H]2CCCN32)cc1. The fourth-order valence-electron chi connectivity index (χ4n) is 3.92. The second kappa shape index (κ2) is 8.67. The third kappa shape index (κ3) is 4.33. The third-order valence-electron chi connectivity index (χ3n) is 5.63. The van der Waals surface area contributed by atoms with Gasteiger partial charge < -0.3 is 25.0 Å². The lowest BCUT2D eigenvalue weighted by Gasteiger charge is -2.33. The number of carbonyl (C=O) groups excluding carboxylic acids is 3. The van der Waals surface area contributed by atoms with Crippen LogP contribution in [0.25, 0.3) is 0 Å². The van der Waals surface area contributed by atoms with Crippen molar-refractivity contribution in [3.63, 3.8) is 0 Å². The molecule has 1 fully saturated rings. The zero-order valence-corrected chi connectivity index (χ0v) is 17.5. The highest BCUT2D eigenvalue weighted by molar-refractivity contribution is 6.05. The third-order valence-corrected chi connectivity index (χ3v) is 5.63. The van der Waals surface area contributed by atoms with Gasteiger partial charge in [-0.3, -0.25) is 9.59 Å². The molecule has 0 saturated carbocycles. The Morgan fingerprint density at radius 1 is 1.23 bits per heavy atom. The number of rotatable bonds is 6. The average molecular weight is 423 g/mol. The predicted molar refractivity (Wildman–Crippen MR) is 115 cm³/mol. The number of esters is 1. The van der Waals surface area contributed by atoms with Gasteiger partial charge in [-0.15, -0.1) is 0 Å². The second-order valence-corrected chi connectivity index (χ2v) is 7.69. The highest BCUT2D eigenvalue weighted by atomic mass is 16.5. The van der Waals surface area contributed by atoms with Crippen molar-refractivity contribution in [1.29, 1.82) is 0 Å². The maximum Gasteiger partial charge on any atom is 0.338 e. The van der Waals surface area contributed by atoms with Crippen molar-refractivity contribution in [2.75, 3.05) is 23.9 Å². The largest absolute Gasteiger partial charge is 0.497 e. The minimum Gasteiger partial charge on any atom is -0.497 e. The summed E-state index contributed by atoms with van der Waals surface area (Å²) < 4.78 is 10.4. The number of hydrogen-bond donors (Lipinski definition) is 2. The zero-order chi connectivity index (χ0) is 22.0. The van der Waals surface area contributed by atoms with E-state index < -0.39 is 18.0 Å². The summed E-state index contributed by atoms with van der Waals surface area (Å²) in [6.07, 6.45) is 0.835. The van der Waals surface area contributed by atoms with Gasteiger partial charge in [0.25, 0.3) is 5.91 Å². The molecule has 2 aliphatic rings. The van der Waals surface area contributed by atoms with Gasteiger partial charge in [-0.2, -0.15) is 0 Å². The summed E-state index contributed by atoms with van der Waals surface area (Å²) >= 11 is 0. The molecule has 2 N–H and O–H groups in total. The summed E-state index contributed by atoms with van der Waals surface area (Å²) in [5.41, 5.74) is 2.68. The first kappa shape index (κ1) is 20.7. The Hall–Kier alpha value is -3.55. The van der Waals surface area contributed by atoms with Crippen molar-refractivity contribution in [3.05, 3.63) is 53.6 Å². The minimum absolute atomic E-state index is 0.0539. The molecule has 2 aromatic rings. The van der Waals surface area contributed by atoms with Crippen LogP contribution < -0.4 is 20.3 Å². The van der Waals surface area contributed by atoms with Crippen LogP contribution in [0, 0.1) is 0 Å². The van der Waals surface area contributed by atoms with E-state index in [1.54, 1.807) is 19.2 Å². The van der Waals surface area contributed by atoms with Crippen LogP contribution in [-0.4, -0.2) is 43.6 Å². The number of ether oxygens (including phenoxy) is 2. The van der Waals surface area contributed by atoms with E-state index in [0.29, 0.717) is 12.2 Å². The molecule has 0 radical (unpaired) electrons. The van der Waals surface area contributed by atoms with E-state index in [9.17, 15) is 14.4 Å². The van der Waals surface area contributed by atoms with Crippen molar-refractivity contribution in [2.24, 2.45) is 0 Å². The Balaban J connectivity index is 1.35. The minimum atomic E-state index is -0.959. The Morgan fingerprint density at radius 3 is 2.74 bits per heavy atom. The van der Waals surface area contributed by atoms with Crippen LogP contribution >= 0.6 is 0 Å². The molecule has 162 valence electrons. The molecule has 0 aliphatic carbocycles. The predicted octanol–water partition coefficient (Wildman–Crippen LogP) is 2.48. The van der Waals surface area contributed by atoms with Gasteiger partial charge in [-0.1, -0.05) is 12.1 Å². The van der Waals surface area contributed by atoms with E-state index in [1.807, 2.05) is 30.3 Å². The molecule has 0 spiro atoms. The van der Waals surface area contributed by atoms with Crippen LogP contribution in [0.4, 0.5) is 11.4 Å². The van der Waals surface area contributed by atoms with Gasteiger partial charge in [0.2, 0.25) is 5.91 Å². The molecule has 4 rings (SSSR count). The molecule has 0 aromatic heterocycles. The molecule has 0 unspecified atom stereocenters. The van der Waals surface area contributed by atoms with Gasteiger partial charge in [0.15, 0.2) is 6.10 Å². The molecule has 2 heterocycles. The quantitative estimate of drug-likeness (QED) is 0.693. The van der Waals surface area contributed by atoms with E-state index >= 15 is 0 Å². The monoisotopic (exact) mass is 423 g/mol. The Kier molecular flexibility index (Phi) is 5.79.